The van der Waals surface area contributed by atoms with Gasteiger partial charge in [-0.05, 0) is 18.8 Å². The van der Waals surface area contributed by atoms with Gasteiger partial charge >= 0.3 is 0 Å². The SMILES string of the molecule is CCCCC(CCC)C1CN2CCN1CC2. The molecule has 2 bridgehead atoms. The highest BCUT2D eigenvalue weighted by Crippen LogP contribution is 2.28. The summed E-state index contributed by atoms with van der Waals surface area (Å²) in [5, 5.41) is 0. The van der Waals surface area contributed by atoms with E-state index in [-0.39, 0.29) is 0 Å². The van der Waals surface area contributed by atoms with E-state index < -0.39 is 0 Å². The van der Waals surface area contributed by atoms with E-state index in [9.17, 15) is 0 Å². The van der Waals surface area contributed by atoms with Crippen LogP contribution in [-0.2, 0) is 0 Å². The molecular formula is C14H28N2. The summed E-state index contributed by atoms with van der Waals surface area (Å²) in [6.45, 7) is 11.3. The van der Waals surface area contributed by atoms with Crippen LogP contribution in [0.5, 0.6) is 0 Å². The molecule has 3 saturated heterocycles. The first-order chi connectivity index (χ1) is 7.85. The molecule has 2 atom stereocenters. The topological polar surface area (TPSA) is 6.48 Å². The van der Waals surface area contributed by atoms with Crippen LogP contribution >= 0.6 is 0 Å². The van der Waals surface area contributed by atoms with Gasteiger partial charge in [-0.1, -0.05) is 33.1 Å². The Hall–Kier alpha value is -0.0800. The van der Waals surface area contributed by atoms with Crippen molar-refractivity contribution in [2.75, 3.05) is 32.7 Å². The highest BCUT2D eigenvalue weighted by Gasteiger charge is 2.35. The van der Waals surface area contributed by atoms with E-state index in [0.717, 1.165) is 12.0 Å². The third-order valence-electron chi connectivity index (χ3n) is 4.45. The second kappa shape index (κ2) is 6.02. The van der Waals surface area contributed by atoms with Crippen molar-refractivity contribution in [1.29, 1.82) is 0 Å². The van der Waals surface area contributed by atoms with Crippen molar-refractivity contribution in [3.8, 4) is 0 Å². The molecule has 2 heteroatoms. The first-order valence-electron chi connectivity index (χ1n) is 7.31. The Morgan fingerprint density at radius 1 is 1.00 bits per heavy atom. The van der Waals surface area contributed by atoms with E-state index in [0.29, 0.717) is 0 Å². The maximum absolute atomic E-state index is 2.77. The minimum atomic E-state index is 0.883. The van der Waals surface area contributed by atoms with E-state index >= 15 is 0 Å². The first-order valence-corrected chi connectivity index (χ1v) is 7.31. The van der Waals surface area contributed by atoms with Crippen molar-refractivity contribution >= 4 is 0 Å². The zero-order chi connectivity index (χ0) is 11.4. The summed E-state index contributed by atoms with van der Waals surface area (Å²) in [6.07, 6.45) is 7.04. The van der Waals surface area contributed by atoms with Gasteiger partial charge in [0, 0.05) is 38.8 Å². The largest absolute Gasteiger partial charge is 0.299 e. The van der Waals surface area contributed by atoms with Gasteiger partial charge in [-0.2, -0.15) is 0 Å². The van der Waals surface area contributed by atoms with Crippen molar-refractivity contribution in [1.82, 2.24) is 9.80 Å². The van der Waals surface area contributed by atoms with Gasteiger partial charge < -0.3 is 0 Å². The molecule has 16 heavy (non-hydrogen) atoms. The van der Waals surface area contributed by atoms with E-state index in [1.165, 1.54) is 64.8 Å². The molecule has 0 N–H and O–H groups in total. The molecule has 0 radical (unpaired) electrons. The maximum atomic E-state index is 2.77. The van der Waals surface area contributed by atoms with Gasteiger partial charge in [-0.15, -0.1) is 0 Å². The van der Waals surface area contributed by atoms with Crippen LogP contribution in [0.4, 0.5) is 0 Å². The van der Waals surface area contributed by atoms with Crippen molar-refractivity contribution in [3.05, 3.63) is 0 Å². The molecule has 94 valence electrons. The normalized spacial score (nSPS) is 35.2. The predicted molar refractivity (Wildman–Crippen MR) is 69.7 cm³/mol. The Kier molecular flexibility index (Phi) is 4.66. The van der Waals surface area contributed by atoms with Crippen LogP contribution in [-0.4, -0.2) is 48.6 Å². The third-order valence-corrected chi connectivity index (χ3v) is 4.45. The Balaban J connectivity index is 1.91. The fourth-order valence-corrected chi connectivity index (χ4v) is 3.47. The predicted octanol–water partition coefficient (Wildman–Crippen LogP) is 2.59. The lowest BCUT2D eigenvalue weighted by Gasteiger charge is -2.50. The molecule has 3 fully saturated rings. The van der Waals surface area contributed by atoms with E-state index in [1.807, 2.05) is 0 Å². The Bertz CT molecular complexity index is 197. The van der Waals surface area contributed by atoms with Crippen molar-refractivity contribution in [2.45, 2.75) is 52.0 Å². The van der Waals surface area contributed by atoms with Gasteiger partial charge in [0.1, 0.15) is 0 Å². The fraction of sp³-hybridized carbons (Fsp3) is 1.00. The summed E-state index contributed by atoms with van der Waals surface area (Å²) in [6, 6.07) is 0.883. The summed E-state index contributed by atoms with van der Waals surface area (Å²) in [4.78, 5) is 5.45. The van der Waals surface area contributed by atoms with Crippen LogP contribution in [0.1, 0.15) is 46.0 Å². The van der Waals surface area contributed by atoms with E-state index in [1.54, 1.807) is 0 Å². The molecule has 2 unspecified atom stereocenters. The number of fused-ring (bicyclic) bond motifs is 3. The molecule has 0 spiro atoms. The summed E-state index contributed by atoms with van der Waals surface area (Å²) < 4.78 is 0. The van der Waals surface area contributed by atoms with Crippen LogP contribution in [0.25, 0.3) is 0 Å². The van der Waals surface area contributed by atoms with Gasteiger partial charge in [0.15, 0.2) is 0 Å². The number of rotatable bonds is 6. The molecule has 0 amide bonds. The molecule has 0 aromatic heterocycles. The van der Waals surface area contributed by atoms with E-state index in [2.05, 4.69) is 23.6 Å². The summed E-state index contributed by atoms with van der Waals surface area (Å²) in [7, 11) is 0. The molecular weight excluding hydrogens is 196 g/mol. The number of hydrogen-bond acceptors (Lipinski definition) is 2. The molecule has 0 aromatic rings. The second-order valence-corrected chi connectivity index (χ2v) is 5.59. The van der Waals surface area contributed by atoms with Gasteiger partial charge in [0.2, 0.25) is 0 Å². The lowest BCUT2D eigenvalue weighted by molar-refractivity contribution is -0.0167. The van der Waals surface area contributed by atoms with Gasteiger partial charge in [-0.25, -0.2) is 0 Å². The Morgan fingerprint density at radius 3 is 2.25 bits per heavy atom. The first kappa shape index (κ1) is 12.4. The van der Waals surface area contributed by atoms with Gasteiger partial charge in [0.05, 0.1) is 0 Å². The second-order valence-electron chi connectivity index (χ2n) is 5.59. The zero-order valence-electron chi connectivity index (χ0n) is 11.1. The van der Waals surface area contributed by atoms with Crippen LogP contribution in [0.3, 0.4) is 0 Å². The van der Waals surface area contributed by atoms with Crippen LogP contribution in [0.2, 0.25) is 0 Å². The molecule has 3 heterocycles. The van der Waals surface area contributed by atoms with E-state index in [4.69, 9.17) is 0 Å². The zero-order valence-corrected chi connectivity index (χ0v) is 11.1. The monoisotopic (exact) mass is 224 g/mol. The smallest absolute Gasteiger partial charge is 0.0252 e. The molecule has 3 rings (SSSR count). The standard InChI is InChI=1S/C14H28N2/c1-3-5-7-13(6-4-2)14-12-15-8-10-16(14)11-9-15/h13-14H,3-12H2,1-2H3. The minimum Gasteiger partial charge on any atom is -0.299 e. The lowest BCUT2D eigenvalue weighted by atomic mass is 9.86. The fourth-order valence-electron chi connectivity index (χ4n) is 3.47. The van der Waals surface area contributed by atoms with Crippen molar-refractivity contribution in [2.24, 2.45) is 5.92 Å². The molecule has 2 nitrogen and oxygen atoms in total. The van der Waals surface area contributed by atoms with Crippen LogP contribution < -0.4 is 0 Å². The Morgan fingerprint density at radius 2 is 1.75 bits per heavy atom. The quantitative estimate of drug-likeness (QED) is 0.684. The Labute approximate surface area is 101 Å². The molecule has 3 aliphatic heterocycles. The van der Waals surface area contributed by atoms with Crippen LogP contribution in [0, 0.1) is 5.92 Å². The number of hydrogen-bond donors (Lipinski definition) is 0. The maximum Gasteiger partial charge on any atom is 0.0252 e. The number of piperazine rings is 3. The minimum absolute atomic E-state index is 0.883. The molecule has 0 aliphatic carbocycles. The van der Waals surface area contributed by atoms with Gasteiger partial charge in [-0.3, -0.25) is 9.80 Å². The average Bonchev–Trinajstić information content (AvgIpc) is 2.36. The summed E-state index contributed by atoms with van der Waals surface area (Å²) in [5.74, 6) is 0.966. The number of nitrogens with zero attached hydrogens (tertiary/aromatic N) is 2. The summed E-state index contributed by atoms with van der Waals surface area (Å²) >= 11 is 0. The molecule has 3 aliphatic rings. The molecule has 0 aromatic carbocycles. The third kappa shape index (κ3) is 2.78. The highest BCUT2D eigenvalue weighted by atomic mass is 15.3. The van der Waals surface area contributed by atoms with Crippen molar-refractivity contribution in [3.63, 3.8) is 0 Å². The van der Waals surface area contributed by atoms with Gasteiger partial charge in [0.25, 0.3) is 0 Å². The number of unbranched alkanes of at least 4 members (excludes halogenated alkanes) is 1. The average molecular weight is 224 g/mol. The lowest BCUT2D eigenvalue weighted by Crippen LogP contribution is -2.62. The summed E-state index contributed by atoms with van der Waals surface area (Å²) in [5.41, 5.74) is 0. The van der Waals surface area contributed by atoms with Crippen LogP contribution in [0.15, 0.2) is 0 Å². The van der Waals surface area contributed by atoms with Crippen molar-refractivity contribution < 1.29 is 0 Å². The molecule has 0 saturated carbocycles. The highest BCUT2D eigenvalue weighted by molar-refractivity contribution is 4.91.